The maximum Gasteiger partial charge on any atom is 0.129 e. The Kier molecular flexibility index (Phi) is 2.05. The van der Waals surface area contributed by atoms with Crippen LogP contribution in [0.4, 0.5) is 0 Å². The van der Waals surface area contributed by atoms with Crippen LogP contribution >= 0.6 is 0 Å². The van der Waals surface area contributed by atoms with Crippen LogP contribution in [0.5, 0.6) is 0 Å². The van der Waals surface area contributed by atoms with Crippen molar-refractivity contribution in [2.75, 3.05) is 0 Å². The Morgan fingerprint density at radius 2 is 1.67 bits per heavy atom. The summed E-state index contributed by atoms with van der Waals surface area (Å²) < 4.78 is 0. The van der Waals surface area contributed by atoms with E-state index in [1.807, 2.05) is 0 Å². The maximum atomic E-state index is 3.53. The molecule has 0 aliphatic heterocycles. The summed E-state index contributed by atoms with van der Waals surface area (Å²) in [5.74, 6) is 0.918. The van der Waals surface area contributed by atoms with E-state index in [-0.39, 0.29) is 0 Å². The van der Waals surface area contributed by atoms with Crippen LogP contribution in [0.2, 0.25) is 0 Å². The van der Waals surface area contributed by atoms with Crippen molar-refractivity contribution in [3.05, 3.63) is 48.0 Å². The molecule has 0 spiro atoms. The predicted octanol–water partition coefficient (Wildman–Crippen LogP) is 2.35. The molecule has 0 nitrogen and oxygen atoms in total. The van der Waals surface area contributed by atoms with Gasteiger partial charge in [0, 0.05) is 5.56 Å². The zero-order valence-electron chi connectivity index (χ0n) is 6.75. The fourth-order valence-corrected chi connectivity index (χ4v) is 1.75. The van der Waals surface area contributed by atoms with Gasteiger partial charge in [-0.2, -0.15) is 0 Å². The van der Waals surface area contributed by atoms with Gasteiger partial charge in [0.05, 0.1) is 0 Å². The molecule has 0 N–H and O–H groups in total. The smallest absolute Gasteiger partial charge is 0.0616 e. The molecular formula is C11H11S+. The quantitative estimate of drug-likeness (QED) is 0.584. The van der Waals surface area contributed by atoms with E-state index in [0.29, 0.717) is 0 Å². The summed E-state index contributed by atoms with van der Waals surface area (Å²) in [6.45, 7) is 0. The summed E-state index contributed by atoms with van der Waals surface area (Å²) in [5.41, 5.74) is 1.35. The van der Waals surface area contributed by atoms with Crippen molar-refractivity contribution < 1.29 is 0 Å². The molecule has 0 saturated heterocycles. The molecule has 0 bridgehead atoms. The summed E-state index contributed by atoms with van der Waals surface area (Å²) >= 11 is 3.53. The first-order valence-electron chi connectivity index (χ1n) is 4.03. The van der Waals surface area contributed by atoms with E-state index in [1.54, 1.807) is 0 Å². The summed E-state index contributed by atoms with van der Waals surface area (Å²) in [6, 6.07) is 14.8. The number of hydrogen-bond acceptors (Lipinski definition) is 0. The molecule has 0 unspecified atom stereocenters. The topological polar surface area (TPSA) is 0 Å². The van der Waals surface area contributed by atoms with Crippen LogP contribution in [0.1, 0.15) is 5.56 Å². The van der Waals surface area contributed by atoms with Crippen molar-refractivity contribution >= 4 is 23.4 Å². The van der Waals surface area contributed by atoms with E-state index < -0.39 is 0 Å². The molecule has 0 fully saturated rings. The van der Waals surface area contributed by atoms with Crippen LogP contribution in [-0.2, 0) is 18.4 Å². The van der Waals surface area contributed by atoms with Crippen molar-refractivity contribution in [3.8, 4) is 0 Å². The van der Waals surface area contributed by atoms with Gasteiger partial charge in [-0.05, 0) is 23.4 Å². The van der Waals surface area contributed by atoms with E-state index >= 15 is 0 Å². The first-order chi connectivity index (χ1) is 5.92. The minimum Gasteiger partial charge on any atom is -0.0616 e. The van der Waals surface area contributed by atoms with Gasteiger partial charge in [-0.25, -0.2) is 0 Å². The minimum absolute atomic E-state index is 0.918. The van der Waals surface area contributed by atoms with Crippen molar-refractivity contribution in [1.29, 1.82) is 0 Å². The lowest BCUT2D eigenvalue weighted by molar-refractivity contribution is 1.48. The highest BCUT2D eigenvalue weighted by Gasteiger charge is 1.98. The van der Waals surface area contributed by atoms with Gasteiger partial charge in [0.2, 0.25) is 0 Å². The zero-order valence-corrected chi connectivity index (χ0v) is 7.75. The highest BCUT2D eigenvalue weighted by atomic mass is 32.1. The van der Waals surface area contributed by atoms with Gasteiger partial charge >= 0.3 is 0 Å². The number of rotatable bonds is 1. The van der Waals surface area contributed by atoms with Gasteiger partial charge in [0.1, 0.15) is 5.75 Å². The van der Waals surface area contributed by atoms with E-state index in [0.717, 1.165) is 5.75 Å². The standard InChI is InChI=1S/C11H10S/c12-8-10-6-3-5-9-4-1-2-7-11(9)10/h1-7,12H,8H2/p+1. The van der Waals surface area contributed by atoms with Gasteiger partial charge in [-0.3, -0.25) is 0 Å². The third-order valence-electron chi connectivity index (χ3n) is 2.07. The Morgan fingerprint density at radius 1 is 0.917 bits per heavy atom. The molecule has 0 aromatic heterocycles. The minimum atomic E-state index is 0.918. The summed E-state index contributed by atoms with van der Waals surface area (Å²) in [5, 5.41) is 2.66. The fourth-order valence-electron chi connectivity index (χ4n) is 1.45. The van der Waals surface area contributed by atoms with E-state index in [9.17, 15) is 0 Å². The van der Waals surface area contributed by atoms with Gasteiger partial charge in [0.25, 0.3) is 0 Å². The van der Waals surface area contributed by atoms with Gasteiger partial charge in [-0.15, -0.1) is 0 Å². The maximum absolute atomic E-state index is 3.53. The summed E-state index contributed by atoms with van der Waals surface area (Å²) in [6.07, 6.45) is 0. The normalized spacial score (nSPS) is 10.4. The highest BCUT2D eigenvalue weighted by molar-refractivity contribution is 7.57. The fraction of sp³-hybridized carbons (Fsp3) is 0.0909. The molecule has 12 heavy (non-hydrogen) atoms. The average molecular weight is 175 g/mol. The van der Waals surface area contributed by atoms with Crippen LogP contribution < -0.4 is 0 Å². The molecule has 60 valence electrons. The third-order valence-corrected chi connectivity index (χ3v) is 2.45. The number of fused-ring (bicyclic) bond motifs is 1. The molecule has 2 aromatic carbocycles. The predicted molar refractivity (Wildman–Crippen MR) is 57.8 cm³/mol. The van der Waals surface area contributed by atoms with Crippen LogP contribution in [0.25, 0.3) is 10.8 Å². The second-order valence-electron chi connectivity index (χ2n) is 2.82. The van der Waals surface area contributed by atoms with Gasteiger partial charge in [-0.1, -0.05) is 42.5 Å². The van der Waals surface area contributed by atoms with Crippen molar-refractivity contribution in [3.63, 3.8) is 0 Å². The Morgan fingerprint density at radius 3 is 2.50 bits per heavy atom. The molecule has 0 amide bonds. The second kappa shape index (κ2) is 3.20. The van der Waals surface area contributed by atoms with E-state index in [1.165, 1.54) is 16.3 Å². The Hall–Kier alpha value is -0.950. The number of hydrogen-bond donors (Lipinski definition) is 0. The second-order valence-corrected chi connectivity index (χ2v) is 3.17. The molecule has 0 radical (unpaired) electrons. The summed E-state index contributed by atoms with van der Waals surface area (Å²) in [7, 11) is 0. The molecule has 0 heterocycles. The van der Waals surface area contributed by atoms with Crippen LogP contribution in [-0.4, -0.2) is 0 Å². The first kappa shape index (κ1) is 7.69. The first-order valence-corrected chi connectivity index (χ1v) is 4.74. The average Bonchev–Trinajstić information content (AvgIpc) is 2.17. The lowest BCUT2D eigenvalue weighted by Crippen LogP contribution is -1.82. The molecule has 0 saturated carbocycles. The third kappa shape index (κ3) is 1.21. The molecule has 1 heteroatoms. The molecule has 2 rings (SSSR count). The van der Waals surface area contributed by atoms with E-state index in [2.05, 4.69) is 55.1 Å². The molecule has 2 aromatic rings. The highest BCUT2D eigenvalue weighted by Crippen LogP contribution is 2.18. The zero-order chi connectivity index (χ0) is 8.39. The lowest BCUT2D eigenvalue weighted by atomic mass is 10.1. The summed E-state index contributed by atoms with van der Waals surface area (Å²) in [4.78, 5) is 0. The van der Waals surface area contributed by atoms with Crippen molar-refractivity contribution in [2.24, 2.45) is 0 Å². The lowest BCUT2D eigenvalue weighted by Gasteiger charge is -1.99. The van der Waals surface area contributed by atoms with Crippen LogP contribution in [0.15, 0.2) is 42.5 Å². The van der Waals surface area contributed by atoms with Crippen LogP contribution in [0.3, 0.4) is 0 Å². The monoisotopic (exact) mass is 175 g/mol. The van der Waals surface area contributed by atoms with Crippen LogP contribution in [0, 0.1) is 0 Å². The van der Waals surface area contributed by atoms with Gasteiger partial charge < -0.3 is 0 Å². The Balaban J connectivity index is 2.79. The SMILES string of the molecule is [SH2+]Cc1cccc2ccccc12. The van der Waals surface area contributed by atoms with Gasteiger partial charge in [0.15, 0.2) is 0 Å². The molecule has 0 aliphatic rings. The molecule has 0 aliphatic carbocycles. The Labute approximate surface area is 77.6 Å². The van der Waals surface area contributed by atoms with Crippen molar-refractivity contribution in [2.45, 2.75) is 5.75 Å². The molecular weight excluding hydrogens is 164 g/mol. The Bertz CT molecular complexity index is 388. The largest absolute Gasteiger partial charge is 0.129 e. The van der Waals surface area contributed by atoms with E-state index in [4.69, 9.17) is 0 Å². The molecule has 0 atom stereocenters. The van der Waals surface area contributed by atoms with Crippen molar-refractivity contribution in [1.82, 2.24) is 0 Å². The number of benzene rings is 2.